The van der Waals surface area contributed by atoms with Crippen LogP contribution in [0, 0.1) is 28.1 Å². The predicted molar refractivity (Wildman–Crippen MR) is 129 cm³/mol. The van der Waals surface area contributed by atoms with Crippen molar-refractivity contribution in [2.24, 2.45) is 16.7 Å². The van der Waals surface area contributed by atoms with Crippen molar-refractivity contribution >= 4 is 5.97 Å². The molecule has 1 unspecified atom stereocenters. The molecule has 4 nitrogen and oxygen atoms in total. The first-order valence-electron chi connectivity index (χ1n) is 12.5. The molecular formula is C29H34N2O2. The molecule has 5 rings (SSSR count). The average molecular weight is 443 g/mol. The standard InChI is InChI=1S/C29H34N2O2/c30-20-23-8-6-22(7-9-23)19-28(11-10-25-18-26(25)24-4-2-1-3-5-24)14-16-31(17-15-28)21-29(12-13-29)27(32)33/h1-9,25-26H,10-19,21H2,(H,32,33)/t25-,26?/m1/s1. The number of carboxylic acids is 1. The third-order valence-electron chi connectivity index (χ3n) is 8.61. The topological polar surface area (TPSA) is 64.3 Å². The summed E-state index contributed by atoms with van der Waals surface area (Å²) in [7, 11) is 0. The maximum Gasteiger partial charge on any atom is 0.310 e. The summed E-state index contributed by atoms with van der Waals surface area (Å²) in [5.41, 5.74) is 3.33. The van der Waals surface area contributed by atoms with Crippen LogP contribution in [0.4, 0.5) is 0 Å². The number of benzene rings is 2. The van der Waals surface area contributed by atoms with Crippen molar-refractivity contribution < 1.29 is 9.90 Å². The highest BCUT2D eigenvalue weighted by molar-refractivity contribution is 5.78. The van der Waals surface area contributed by atoms with E-state index in [4.69, 9.17) is 5.26 Å². The molecule has 0 radical (unpaired) electrons. The van der Waals surface area contributed by atoms with Gasteiger partial charge in [-0.2, -0.15) is 5.26 Å². The molecule has 0 amide bonds. The zero-order valence-electron chi connectivity index (χ0n) is 19.4. The average Bonchev–Trinajstić information content (AvgIpc) is 3.77. The van der Waals surface area contributed by atoms with Crippen LogP contribution in [0.25, 0.3) is 0 Å². The van der Waals surface area contributed by atoms with Gasteiger partial charge in [0.2, 0.25) is 0 Å². The van der Waals surface area contributed by atoms with Crippen molar-refractivity contribution in [1.82, 2.24) is 4.90 Å². The van der Waals surface area contributed by atoms with Crippen LogP contribution >= 0.6 is 0 Å². The Morgan fingerprint density at radius 2 is 1.73 bits per heavy atom. The molecule has 2 aromatic rings. The fourth-order valence-electron chi connectivity index (χ4n) is 6.02. The maximum absolute atomic E-state index is 11.7. The lowest BCUT2D eigenvalue weighted by atomic mass is 9.70. The first-order valence-corrected chi connectivity index (χ1v) is 12.5. The summed E-state index contributed by atoms with van der Waals surface area (Å²) in [4.78, 5) is 14.1. The summed E-state index contributed by atoms with van der Waals surface area (Å²) in [5, 5.41) is 18.7. The van der Waals surface area contributed by atoms with E-state index in [1.54, 1.807) is 0 Å². The Bertz CT molecular complexity index is 1010. The van der Waals surface area contributed by atoms with Gasteiger partial charge in [0.05, 0.1) is 17.0 Å². The van der Waals surface area contributed by atoms with Crippen molar-refractivity contribution in [2.45, 2.75) is 57.3 Å². The number of aliphatic carboxylic acids is 1. The Kier molecular flexibility index (Phi) is 6.01. The molecule has 2 saturated carbocycles. The van der Waals surface area contributed by atoms with Crippen LogP contribution in [0.1, 0.15) is 67.6 Å². The van der Waals surface area contributed by atoms with Gasteiger partial charge in [-0.3, -0.25) is 4.79 Å². The Hall–Kier alpha value is -2.64. The van der Waals surface area contributed by atoms with Gasteiger partial charge in [-0.25, -0.2) is 0 Å². The summed E-state index contributed by atoms with van der Waals surface area (Å²) in [5.74, 6) is 0.908. The molecule has 2 atom stereocenters. The summed E-state index contributed by atoms with van der Waals surface area (Å²) in [6.45, 7) is 2.71. The van der Waals surface area contributed by atoms with E-state index in [1.807, 2.05) is 12.1 Å². The van der Waals surface area contributed by atoms with Gasteiger partial charge in [-0.05, 0) is 105 Å². The summed E-state index contributed by atoms with van der Waals surface area (Å²) >= 11 is 0. The van der Waals surface area contributed by atoms with Crippen LogP contribution < -0.4 is 0 Å². The van der Waals surface area contributed by atoms with E-state index < -0.39 is 11.4 Å². The predicted octanol–water partition coefficient (Wildman–Crippen LogP) is 5.63. The zero-order chi connectivity index (χ0) is 22.9. The number of likely N-dealkylation sites (tertiary alicyclic amines) is 1. The van der Waals surface area contributed by atoms with Gasteiger partial charge >= 0.3 is 5.97 Å². The number of carbonyl (C=O) groups is 1. The van der Waals surface area contributed by atoms with E-state index in [0.717, 1.165) is 62.6 Å². The van der Waals surface area contributed by atoms with Crippen LogP contribution in [0.5, 0.6) is 0 Å². The Balaban J connectivity index is 1.24. The quantitative estimate of drug-likeness (QED) is 0.546. The fourth-order valence-corrected chi connectivity index (χ4v) is 6.02. The van der Waals surface area contributed by atoms with E-state index in [9.17, 15) is 9.90 Å². The summed E-state index contributed by atoms with van der Waals surface area (Å²) < 4.78 is 0. The second kappa shape index (κ2) is 8.95. The number of nitrogens with zero attached hydrogens (tertiary/aromatic N) is 2. The Labute approximate surface area is 197 Å². The van der Waals surface area contributed by atoms with Gasteiger partial charge in [0.25, 0.3) is 0 Å². The van der Waals surface area contributed by atoms with Crippen molar-refractivity contribution in [1.29, 1.82) is 5.26 Å². The van der Waals surface area contributed by atoms with Crippen LogP contribution in [0.3, 0.4) is 0 Å². The highest BCUT2D eigenvalue weighted by Crippen LogP contribution is 2.53. The molecule has 1 aliphatic heterocycles. The maximum atomic E-state index is 11.7. The van der Waals surface area contributed by atoms with Gasteiger partial charge in [-0.15, -0.1) is 0 Å². The van der Waals surface area contributed by atoms with Crippen LogP contribution in [-0.4, -0.2) is 35.6 Å². The van der Waals surface area contributed by atoms with Gasteiger partial charge in [0.15, 0.2) is 0 Å². The third-order valence-corrected chi connectivity index (χ3v) is 8.61. The Morgan fingerprint density at radius 3 is 2.33 bits per heavy atom. The monoisotopic (exact) mass is 442 g/mol. The van der Waals surface area contributed by atoms with Gasteiger partial charge in [0.1, 0.15) is 0 Å². The van der Waals surface area contributed by atoms with Crippen LogP contribution in [0.15, 0.2) is 54.6 Å². The summed E-state index contributed by atoms with van der Waals surface area (Å²) in [6, 6.07) is 21.3. The lowest BCUT2D eigenvalue weighted by molar-refractivity contribution is -0.144. The molecule has 4 heteroatoms. The smallest absolute Gasteiger partial charge is 0.310 e. The lowest BCUT2D eigenvalue weighted by Crippen LogP contribution is -2.44. The molecular weight excluding hydrogens is 408 g/mol. The first-order chi connectivity index (χ1) is 16.0. The first kappa shape index (κ1) is 22.2. The van der Waals surface area contributed by atoms with Crippen molar-refractivity contribution in [2.75, 3.05) is 19.6 Å². The number of hydrogen-bond donors (Lipinski definition) is 1. The lowest BCUT2D eigenvalue weighted by Gasteiger charge is -2.43. The largest absolute Gasteiger partial charge is 0.481 e. The molecule has 2 aliphatic carbocycles. The molecule has 1 N–H and O–H groups in total. The number of nitriles is 1. The van der Waals surface area contributed by atoms with Crippen molar-refractivity contribution in [3.05, 3.63) is 71.3 Å². The SMILES string of the molecule is N#Cc1ccc(CC2(CC[C@@H]3CC3c3ccccc3)CCN(CC3(C(=O)O)CC3)CC2)cc1. The van der Waals surface area contributed by atoms with E-state index in [-0.39, 0.29) is 5.41 Å². The van der Waals surface area contributed by atoms with Gasteiger partial charge in [-0.1, -0.05) is 42.5 Å². The molecule has 0 aromatic heterocycles. The number of carboxylic acid groups (broad SMARTS) is 1. The minimum Gasteiger partial charge on any atom is -0.481 e. The molecule has 1 heterocycles. The molecule has 3 aliphatic rings. The minimum atomic E-state index is -0.613. The molecule has 3 fully saturated rings. The Morgan fingerprint density at radius 1 is 1.03 bits per heavy atom. The minimum absolute atomic E-state index is 0.272. The van der Waals surface area contributed by atoms with E-state index in [1.165, 1.54) is 30.4 Å². The normalized spacial score (nSPS) is 25.2. The van der Waals surface area contributed by atoms with E-state index in [0.29, 0.717) is 6.54 Å². The molecule has 2 aromatic carbocycles. The molecule has 33 heavy (non-hydrogen) atoms. The van der Waals surface area contributed by atoms with Crippen LogP contribution in [0.2, 0.25) is 0 Å². The number of hydrogen-bond acceptors (Lipinski definition) is 3. The summed E-state index contributed by atoms with van der Waals surface area (Å²) in [6.07, 6.45) is 8.80. The van der Waals surface area contributed by atoms with Gasteiger partial charge < -0.3 is 10.0 Å². The second-order valence-corrected chi connectivity index (χ2v) is 10.9. The highest BCUT2D eigenvalue weighted by Gasteiger charge is 2.52. The number of piperidine rings is 1. The van der Waals surface area contributed by atoms with Crippen LogP contribution in [-0.2, 0) is 11.2 Å². The third kappa shape index (κ3) is 4.99. The van der Waals surface area contributed by atoms with Gasteiger partial charge in [0, 0.05) is 6.54 Å². The molecule has 172 valence electrons. The zero-order valence-corrected chi connectivity index (χ0v) is 19.4. The van der Waals surface area contributed by atoms with Crippen molar-refractivity contribution in [3.63, 3.8) is 0 Å². The van der Waals surface area contributed by atoms with Crippen molar-refractivity contribution in [3.8, 4) is 6.07 Å². The number of rotatable bonds is 9. The van der Waals surface area contributed by atoms with E-state index >= 15 is 0 Å². The fraction of sp³-hybridized carbons (Fsp3) is 0.517. The molecule has 0 spiro atoms. The molecule has 0 bridgehead atoms. The second-order valence-electron chi connectivity index (χ2n) is 10.9. The van der Waals surface area contributed by atoms with E-state index in [2.05, 4.69) is 53.4 Å². The highest BCUT2D eigenvalue weighted by atomic mass is 16.4. The molecule has 1 saturated heterocycles.